The van der Waals surface area contributed by atoms with E-state index in [0.717, 1.165) is 4.68 Å². The quantitative estimate of drug-likeness (QED) is 0.572. The van der Waals surface area contributed by atoms with E-state index in [0.29, 0.717) is 0 Å². The highest BCUT2D eigenvalue weighted by Crippen LogP contribution is 2.31. The van der Waals surface area contributed by atoms with Crippen LogP contribution in [0.3, 0.4) is 0 Å². The maximum Gasteiger partial charge on any atom is 0.328 e. The Bertz CT molecular complexity index is 458. The number of halogens is 1. The van der Waals surface area contributed by atoms with E-state index in [1.54, 1.807) is 13.8 Å². The van der Waals surface area contributed by atoms with Gasteiger partial charge in [-0.1, -0.05) is 11.6 Å². The molecule has 0 radical (unpaired) electrons. The van der Waals surface area contributed by atoms with Gasteiger partial charge in [-0.2, -0.15) is 10.4 Å². The molecule has 0 bridgehead atoms. The molecular formula is C8H9ClN4O2. The molecule has 0 aliphatic heterocycles. The molecule has 0 unspecified atom stereocenters. The van der Waals surface area contributed by atoms with Crippen LogP contribution < -0.4 is 0 Å². The lowest BCUT2D eigenvalue weighted by Gasteiger charge is -2.15. The molecule has 0 amide bonds. The van der Waals surface area contributed by atoms with Crippen molar-refractivity contribution in [3.05, 3.63) is 21.0 Å². The third kappa shape index (κ3) is 1.78. The molecule has 7 heteroatoms. The molecule has 80 valence electrons. The molecule has 0 atom stereocenters. The molecule has 1 aromatic rings. The molecule has 0 fully saturated rings. The standard InChI is InChI=1S/C8H9ClN4O2/c1-5-6(13(14)15)7(9)12(11-5)8(2,3)4-10/h1-3H3. The Kier molecular flexibility index (Phi) is 2.69. The molecule has 0 saturated heterocycles. The molecular weight excluding hydrogens is 220 g/mol. The van der Waals surface area contributed by atoms with E-state index in [-0.39, 0.29) is 16.5 Å². The van der Waals surface area contributed by atoms with Crippen molar-refractivity contribution >= 4 is 17.3 Å². The van der Waals surface area contributed by atoms with Gasteiger partial charge in [-0.25, -0.2) is 4.68 Å². The van der Waals surface area contributed by atoms with Gasteiger partial charge in [0.05, 0.1) is 11.0 Å². The first-order valence-corrected chi connectivity index (χ1v) is 4.50. The van der Waals surface area contributed by atoms with Gasteiger partial charge in [0.15, 0.2) is 0 Å². The fourth-order valence-electron chi connectivity index (χ4n) is 1.12. The summed E-state index contributed by atoms with van der Waals surface area (Å²) in [6.45, 7) is 4.64. The zero-order chi connectivity index (χ0) is 11.8. The summed E-state index contributed by atoms with van der Waals surface area (Å²) in [5.41, 5.74) is -1.05. The number of aromatic nitrogens is 2. The fraction of sp³-hybridized carbons (Fsp3) is 0.500. The van der Waals surface area contributed by atoms with E-state index in [9.17, 15) is 10.1 Å². The summed E-state index contributed by atoms with van der Waals surface area (Å²) in [6.07, 6.45) is 0. The maximum absolute atomic E-state index is 10.7. The number of nitriles is 1. The highest BCUT2D eigenvalue weighted by Gasteiger charge is 2.31. The SMILES string of the molecule is Cc1nn(C(C)(C)C#N)c(Cl)c1[N+](=O)[O-]. The topological polar surface area (TPSA) is 84.8 Å². The van der Waals surface area contributed by atoms with E-state index < -0.39 is 10.5 Å². The van der Waals surface area contributed by atoms with Crippen LogP contribution in [0.15, 0.2) is 0 Å². The van der Waals surface area contributed by atoms with Crippen LogP contribution in [0.4, 0.5) is 5.69 Å². The summed E-state index contributed by atoms with van der Waals surface area (Å²) >= 11 is 5.80. The number of nitro groups is 1. The van der Waals surface area contributed by atoms with Gasteiger partial charge in [-0.3, -0.25) is 10.1 Å². The second-order valence-electron chi connectivity index (χ2n) is 3.56. The van der Waals surface area contributed by atoms with Crippen molar-refractivity contribution in [3.8, 4) is 6.07 Å². The van der Waals surface area contributed by atoms with Gasteiger partial charge in [-0.15, -0.1) is 0 Å². The lowest BCUT2D eigenvalue weighted by Crippen LogP contribution is -2.25. The van der Waals surface area contributed by atoms with Crippen LogP contribution in [0.2, 0.25) is 5.15 Å². The van der Waals surface area contributed by atoms with Gasteiger partial charge in [0, 0.05) is 0 Å². The minimum atomic E-state index is -1.00. The average molecular weight is 229 g/mol. The van der Waals surface area contributed by atoms with Crippen molar-refractivity contribution in [3.63, 3.8) is 0 Å². The molecule has 0 saturated carbocycles. The van der Waals surface area contributed by atoms with Crippen molar-refractivity contribution < 1.29 is 4.92 Å². The maximum atomic E-state index is 10.7. The van der Waals surface area contributed by atoms with Crippen LogP contribution in [0.25, 0.3) is 0 Å². The van der Waals surface area contributed by atoms with Gasteiger partial charge in [0.2, 0.25) is 5.15 Å². The number of rotatable bonds is 2. The third-order valence-corrected chi connectivity index (χ3v) is 2.30. The van der Waals surface area contributed by atoms with Gasteiger partial charge < -0.3 is 0 Å². The largest absolute Gasteiger partial charge is 0.328 e. The first kappa shape index (κ1) is 11.5. The minimum absolute atomic E-state index is 0.121. The smallest absolute Gasteiger partial charge is 0.258 e. The van der Waals surface area contributed by atoms with Crippen LogP contribution in [0.1, 0.15) is 19.5 Å². The number of hydrogen-bond donors (Lipinski definition) is 0. The molecule has 1 rings (SSSR count). The Morgan fingerprint density at radius 2 is 2.20 bits per heavy atom. The van der Waals surface area contributed by atoms with E-state index in [1.165, 1.54) is 6.92 Å². The third-order valence-electron chi connectivity index (χ3n) is 1.96. The monoisotopic (exact) mass is 228 g/mol. The predicted molar refractivity (Wildman–Crippen MR) is 53.6 cm³/mol. The molecule has 0 aromatic carbocycles. The zero-order valence-electron chi connectivity index (χ0n) is 8.48. The first-order valence-electron chi connectivity index (χ1n) is 4.12. The molecule has 1 heterocycles. The van der Waals surface area contributed by atoms with Crippen LogP contribution >= 0.6 is 11.6 Å². The minimum Gasteiger partial charge on any atom is -0.258 e. The molecule has 1 aromatic heterocycles. The van der Waals surface area contributed by atoms with Gasteiger partial charge in [0.1, 0.15) is 11.2 Å². The van der Waals surface area contributed by atoms with Crippen LogP contribution in [0.5, 0.6) is 0 Å². The summed E-state index contributed by atoms with van der Waals surface area (Å²) in [4.78, 5) is 10.1. The van der Waals surface area contributed by atoms with Crippen molar-refractivity contribution in [2.24, 2.45) is 0 Å². The second kappa shape index (κ2) is 3.51. The van der Waals surface area contributed by atoms with Crippen molar-refractivity contribution in [1.82, 2.24) is 9.78 Å². The molecule has 0 N–H and O–H groups in total. The number of hydrogen-bond acceptors (Lipinski definition) is 4. The van der Waals surface area contributed by atoms with Crippen LogP contribution in [-0.4, -0.2) is 14.7 Å². The van der Waals surface area contributed by atoms with Crippen molar-refractivity contribution in [2.75, 3.05) is 0 Å². The van der Waals surface area contributed by atoms with E-state index >= 15 is 0 Å². The summed E-state index contributed by atoms with van der Waals surface area (Å²) in [6, 6.07) is 1.97. The van der Waals surface area contributed by atoms with Crippen LogP contribution in [0, 0.1) is 28.4 Å². The molecule has 0 aliphatic rings. The Balaban J connectivity index is 3.44. The molecule has 15 heavy (non-hydrogen) atoms. The van der Waals surface area contributed by atoms with Crippen LogP contribution in [-0.2, 0) is 5.54 Å². The zero-order valence-corrected chi connectivity index (χ0v) is 9.24. The normalized spacial score (nSPS) is 11.1. The molecule has 0 spiro atoms. The highest BCUT2D eigenvalue weighted by atomic mass is 35.5. The Hall–Kier alpha value is -1.61. The molecule has 0 aliphatic carbocycles. The Morgan fingerprint density at radius 3 is 2.53 bits per heavy atom. The number of nitrogens with zero attached hydrogens (tertiary/aromatic N) is 4. The lowest BCUT2D eigenvalue weighted by atomic mass is 10.1. The fourth-order valence-corrected chi connectivity index (χ4v) is 1.57. The van der Waals surface area contributed by atoms with E-state index in [4.69, 9.17) is 16.9 Å². The lowest BCUT2D eigenvalue weighted by molar-refractivity contribution is -0.385. The second-order valence-corrected chi connectivity index (χ2v) is 3.92. The van der Waals surface area contributed by atoms with Gasteiger partial charge in [0.25, 0.3) is 0 Å². The van der Waals surface area contributed by atoms with E-state index in [2.05, 4.69) is 5.10 Å². The van der Waals surface area contributed by atoms with E-state index in [1.807, 2.05) is 6.07 Å². The average Bonchev–Trinajstić information content (AvgIpc) is 2.42. The summed E-state index contributed by atoms with van der Waals surface area (Å²) < 4.78 is 1.15. The Labute approximate surface area is 91.2 Å². The summed E-state index contributed by atoms with van der Waals surface area (Å²) in [7, 11) is 0. The van der Waals surface area contributed by atoms with Crippen molar-refractivity contribution in [2.45, 2.75) is 26.3 Å². The highest BCUT2D eigenvalue weighted by molar-refractivity contribution is 6.31. The molecule has 6 nitrogen and oxygen atoms in total. The summed E-state index contributed by atoms with van der Waals surface area (Å²) in [5, 5.41) is 23.3. The predicted octanol–water partition coefficient (Wildman–Crippen LogP) is 2.01. The van der Waals surface area contributed by atoms with Crippen molar-refractivity contribution in [1.29, 1.82) is 5.26 Å². The van der Waals surface area contributed by atoms with Gasteiger partial charge >= 0.3 is 5.69 Å². The first-order chi connectivity index (χ1) is 6.81. The summed E-state index contributed by atoms with van der Waals surface area (Å²) in [5.74, 6) is 0. The van der Waals surface area contributed by atoms with Gasteiger partial charge in [-0.05, 0) is 20.8 Å². The Morgan fingerprint density at radius 1 is 1.67 bits per heavy atom. The number of aryl methyl sites for hydroxylation is 1.